The summed E-state index contributed by atoms with van der Waals surface area (Å²) >= 11 is 3.48. The van der Waals surface area contributed by atoms with Gasteiger partial charge in [0.15, 0.2) is 5.96 Å². The van der Waals surface area contributed by atoms with Crippen LogP contribution in [0.4, 0.5) is 0 Å². The van der Waals surface area contributed by atoms with E-state index in [0.29, 0.717) is 12.5 Å². The number of pyridine rings is 1. The second kappa shape index (κ2) is 9.52. The van der Waals surface area contributed by atoms with Crippen LogP contribution in [0.2, 0.25) is 0 Å². The molecule has 0 bridgehead atoms. The lowest BCUT2D eigenvalue weighted by Crippen LogP contribution is -2.50. The normalized spacial score (nSPS) is 19.0. The lowest BCUT2D eigenvalue weighted by Gasteiger charge is -2.34. The highest BCUT2D eigenvalue weighted by Crippen LogP contribution is 2.12. The number of hydrogen-bond donors (Lipinski definition) is 2. The molecule has 0 saturated carbocycles. The van der Waals surface area contributed by atoms with Crippen LogP contribution in [0.3, 0.4) is 0 Å². The number of rotatable bonds is 6. The van der Waals surface area contributed by atoms with Gasteiger partial charge in [0.05, 0.1) is 24.9 Å². The van der Waals surface area contributed by atoms with Crippen LogP contribution in [0.5, 0.6) is 0 Å². The van der Waals surface area contributed by atoms with Crippen molar-refractivity contribution in [3.05, 3.63) is 34.7 Å². The van der Waals surface area contributed by atoms with E-state index < -0.39 is 0 Å². The van der Waals surface area contributed by atoms with Crippen LogP contribution in [-0.4, -0.2) is 66.2 Å². The van der Waals surface area contributed by atoms with Crippen LogP contribution in [0, 0.1) is 5.92 Å². The zero-order valence-electron chi connectivity index (χ0n) is 16.3. The molecule has 0 radical (unpaired) electrons. The van der Waals surface area contributed by atoms with E-state index in [2.05, 4.69) is 55.3 Å². The summed E-state index contributed by atoms with van der Waals surface area (Å²) in [6.45, 7) is 9.77. The number of aromatic nitrogens is 2. The topological polar surface area (TPSA) is 66.2 Å². The summed E-state index contributed by atoms with van der Waals surface area (Å²) in [6.07, 6.45) is 4.21. The summed E-state index contributed by atoms with van der Waals surface area (Å²) in [4.78, 5) is 11.4. The molecule has 1 aliphatic rings. The molecule has 0 aliphatic carbocycles. The number of aliphatic imine (C=N–C) groups is 1. The number of imidazole rings is 1. The molecule has 1 aliphatic heterocycles. The van der Waals surface area contributed by atoms with Crippen LogP contribution >= 0.6 is 15.9 Å². The first-order chi connectivity index (χ1) is 13.0. The zero-order chi connectivity index (χ0) is 19.2. The fraction of sp³-hybridized carbons (Fsp3) is 0.579. The minimum absolute atomic E-state index is 0.184. The van der Waals surface area contributed by atoms with Gasteiger partial charge in [0, 0.05) is 50.1 Å². The molecule has 8 heteroatoms. The lowest BCUT2D eigenvalue weighted by atomic mass is 10.2. The molecule has 2 aromatic heterocycles. The lowest BCUT2D eigenvalue weighted by molar-refractivity contribution is -0.0284. The number of fused-ring (bicyclic) bond motifs is 1. The Morgan fingerprint density at radius 3 is 3.00 bits per heavy atom. The second-order valence-corrected chi connectivity index (χ2v) is 8.21. The summed E-state index contributed by atoms with van der Waals surface area (Å²) in [5.74, 6) is 1.44. The van der Waals surface area contributed by atoms with Gasteiger partial charge in [-0.25, -0.2) is 4.98 Å². The van der Waals surface area contributed by atoms with Crippen molar-refractivity contribution in [1.82, 2.24) is 24.9 Å². The summed E-state index contributed by atoms with van der Waals surface area (Å²) in [5, 5.41) is 6.70. The number of nitrogens with one attached hydrogen (secondary N) is 2. The third-order valence-electron chi connectivity index (χ3n) is 4.47. The van der Waals surface area contributed by atoms with Crippen LogP contribution in [0.1, 0.15) is 19.5 Å². The molecule has 1 atom stereocenters. The monoisotopic (exact) mass is 436 g/mol. The van der Waals surface area contributed by atoms with E-state index in [0.717, 1.165) is 54.6 Å². The summed E-state index contributed by atoms with van der Waals surface area (Å²) in [7, 11) is 1.78. The number of guanidine groups is 1. The van der Waals surface area contributed by atoms with Gasteiger partial charge in [0.2, 0.25) is 0 Å². The first-order valence-electron chi connectivity index (χ1n) is 9.45. The van der Waals surface area contributed by atoms with E-state index in [9.17, 15) is 0 Å². The Kier molecular flexibility index (Phi) is 7.09. The first-order valence-corrected chi connectivity index (χ1v) is 10.2. The zero-order valence-corrected chi connectivity index (χ0v) is 17.9. The minimum Gasteiger partial charge on any atom is -0.374 e. The quantitative estimate of drug-likeness (QED) is 0.536. The Morgan fingerprint density at radius 1 is 1.37 bits per heavy atom. The van der Waals surface area contributed by atoms with E-state index in [1.807, 2.05) is 28.9 Å². The Bertz CT molecular complexity index is 775. The van der Waals surface area contributed by atoms with Crippen molar-refractivity contribution >= 4 is 27.5 Å². The predicted octanol–water partition coefficient (Wildman–Crippen LogP) is 2.12. The molecule has 1 unspecified atom stereocenters. The van der Waals surface area contributed by atoms with E-state index in [1.165, 1.54) is 0 Å². The number of nitrogens with zero attached hydrogens (tertiary/aromatic N) is 4. The molecule has 0 spiro atoms. The SMILES string of the molecule is CN=C(NCc1cn2cc(Br)ccc2n1)NCC1CN(CC(C)C)CCO1. The fourth-order valence-corrected chi connectivity index (χ4v) is 3.65. The molecule has 148 valence electrons. The molecule has 0 aromatic carbocycles. The van der Waals surface area contributed by atoms with Gasteiger partial charge in [0.25, 0.3) is 0 Å². The molecule has 3 heterocycles. The van der Waals surface area contributed by atoms with Gasteiger partial charge < -0.3 is 19.8 Å². The van der Waals surface area contributed by atoms with Gasteiger partial charge in [0.1, 0.15) is 5.65 Å². The van der Waals surface area contributed by atoms with Gasteiger partial charge in [-0.1, -0.05) is 13.8 Å². The van der Waals surface area contributed by atoms with Crippen molar-refractivity contribution in [1.29, 1.82) is 0 Å². The predicted molar refractivity (Wildman–Crippen MR) is 112 cm³/mol. The van der Waals surface area contributed by atoms with Crippen molar-refractivity contribution in [2.24, 2.45) is 10.9 Å². The van der Waals surface area contributed by atoms with E-state index in [1.54, 1.807) is 7.05 Å². The van der Waals surface area contributed by atoms with E-state index in [-0.39, 0.29) is 6.10 Å². The molecule has 2 N–H and O–H groups in total. The van der Waals surface area contributed by atoms with Crippen LogP contribution in [0.25, 0.3) is 5.65 Å². The molecule has 1 saturated heterocycles. The van der Waals surface area contributed by atoms with Gasteiger partial charge in [-0.3, -0.25) is 9.89 Å². The van der Waals surface area contributed by atoms with Crippen LogP contribution in [-0.2, 0) is 11.3 Å². The standard InChI is InChI=1S/C19H29BrN6O/c1-14(2)10-25-6-7-27-17(13-25)9-23-19(21-3)22-8-16-12-26-11-15(20)4-5-18(26)24-16/h4-5,11-12,14,17H,6-10,13H2,1-3H3,(H2,21,22,23). The van der Waals surface area contributed by atoms with Crippen molar-refractivity contribution in [3.63, 3.8) is 0 Å². The Labute approximate surface area is 169 Å². The maximum atomic E-state index is 5.89. The molecule has 27 heavy (non-hydrogen) atoms. The Balaban J connectivity index is 1.47. The Morgan fingerprint density at radius 2 is 2.22 bits per heavy atom. The highest BCUT2D eigenvalue weighted by atomic mass is 79.9. The smallest absolute Gasteiger partial charge is 0.191 e. The highest BCUT2D eigenvalue weighted by Gasteiger charge is 2.21. The Hall–Kier alpha value is -1.64. The highest BCUT2D eigenvalue weighted by molar-refractivity contribution is 9.10. The van der Waals surface area contributed by atoms with Gasteiger partial charge >= 0.3 is 0 Å². The average molecular weight is 437 g/mol. The summed E-state index contributed by atoms with van der Waals surface area (Å²) in [6, 6.07) is 3.98. The van der Waals surface area contributed by atoms with Gasteiger partial charge in [-0.15, -0.1) is 0 Å². The largest absolute Gasteiger partial charge is 0.374 e. The van der Waals surface area contributed by atoms with Gasteiger partial charge in [-0.05, 0) is 34.0 Å². The van der Waals surface area contributed by atoms with Crippen LogP contribution in [0.15, 0.2) is 34.0 Å². The van der Waals surface area contributed by atoms with Crippen molar-refractivity contribution in [2.75, 3.05) is 39.8 Å². The van der Waals surface area contributed by atoms with Crippen molar-refractivity contribution in [2.45, 2.75) is 26.5 Å². The number of morpholine rings is 1. The van der Waals surface area contributed by atoms with Crippen LogP contribution < -0.4 is 10.6 Å². The van der Waals surface area contributed by atoms with E-state index >= 15 is 0 Å². The summed E-state index contributed by atoms with van der Waals surface area (Å²) < 4.78 is 8.93. The fourth-order valence-electron chi connectivity index (χ4n) is 3.29. The first kappa shape index (κ1) is 20.1. The molecule has 7 nitrogen and oxygen atoms in total. The number of hydrogen-bond acceptors (Lipinski definition) is 4. The van der Waals surface area contributed by atoms with Crippen molar-refractivity contribution < 1.29 is 4.74 Å². The number of ether oxygens (including phenoxy) is 1. The van der Waals surface area contributed by atoms with E-state index in [4.69, 9.17) is 4.74 Å². The molecule has 3 rings (SSSR count). The molecular weight excluding hydrogens is 408 g/mol. The second-order valence-electron chi connectivity index (χ2n) is 7.30. The summed E-state index contributed by atoms with van der Waals surface area (Å²) in [5.41, 5.74) is 1.90. The molecular formula is C19H29BrN6O. The number of halogens is 1. The molecule has 1 fully saturated rings. The minimum atomic E-state index is 0.184. The maximum absolute atomic E-state index is 5.89. The third kappa shape index (κ3) is 5.92. The molecule has 0 amide bonds. The average Bonchev–Trinajstić information content (AvgIpc) is 3.03. The maximum Gasteiger partial charge on any atom is 0.191 e. The van der Waals surface area contributed by atoms with Gasteiger partial charge in [-0.2, -0.15) is 0 Å². The third-order valence-corrected chi connectivity index (χ3v) is 4.94. The molecule has 2 aromatic rings. The van der Waals surface area contributed by atoms with Crippen molar-refractivity contribution in [3.8, 4) is 0 Å².